The Balaban J connectivity index is 1.75. The zero-order valence-electron chi connectivity index (χ0n) is 13.7. The Morgan fingerprint density at radius 1 is 1.04 bits per heavy atom. The third-order valence-electron chi connectivity index (χ3n) is 4.24. The van der Waals surface area contributed by atoms with Gasteiger partial charge in [-0.3, -0.25) is 0 Å². The molecule has 1 saturated carbocycles. The summed E-state index contributed by atoms with van der Waals surface area (Å²) in [5.74, 6) is 1.49. The van der Waals surface area contributed by atoms with Crippen molar-refractivity contribution in [2.24, 2.45) is 0 Å². The summed E-state index contributed by atoms with van der Waals surface area (Å²) >= 11 is 6.19. The third-order valence-corrected chi connectivity index (χ3v) is 4.64. The fourth-order valence-corrected chi connectivity index (χ4v) is 3.13. The summed E-state index contributed by atoms with van der Waals surface area (Å²) in [5, 5.41) is 7.55. The maximum atomic E-state index is 6.19. The minimum Gasteiger partial charge on any atom is -0.351 e. The van der Waals surface area contributed by atoms with E-state index < -0.39 is 0 Å². The normalized spacial score (nSPS) is 15.4. The molecule has 1 aromatic heterocycles. The van der Waals surface area contributed by atoms with Gasteiger partial charge in [0.05, 0.1) is 0 Å². The molecule has 0 amide bonds. The number of anilines is 3. The molecule has 2 aromatic rings. The molecule has 0 spiro atoms. The smallest absolute Gasteiger partial charge is 0.225 e. The van der Waals surface area contributed by atoms with Crippen LogP contribution in [0.5, 0.6) is 0 Å². The Kier molecular flexibility index (Phi) is 5.01. The summed E-state index contributed by atoms with van der Waals surface area (Å²) in [6, 6.07) is 8.36. The van der Waals surface area contributed by atoms with Gasteiger partial charge >= 0.3 is 0 Å². The SMILES string of the molecule is Cc1cc(Nc2ccc(C)c(Cl)c2)nc(NC2CCCCC2)n1. The molecule has 1 heterocycles. The van der Waals surface area contributed by atoms with Gasteiger partial charge in [0.25, 0.3) is 0 Å². The van der Waals surface area contributed by atoms with Crippen LogP contribution in [0.1, 0.15) is 43.4 Å². The molecule has 1 aromatic carbocycles. The lowest BCUT2D eigenvalue weighted by atomic mass is 9.96. The van der Waals surface area contributed by atoms with Gasteiger partial charge in [0.1, 0.15) is 5.82 Å². The Hall–Kier alpha value is -1.81. The summed E-state index contributed by atoms with van der Waals surface area (Å²) in [6.07, 6.45) is 6.32. The highest BCUT2D eigenvalue weighted by Crippen LogP contribution is 2.24. The maximum absolute atomic E-state index is 6.19. The predicted molar refractivity (Wildman–Crippen MR) is 96.7 cm³/mol. The lowest BCUT2D eigenvalue weighted by molar-refractivity contribution is 0.461. The maximum Gasteiger partial charge on any atom is 0.225 e. The first-order valence-corrected chi connectivity index (χ1v) is 8.63. The molecule has 0 aliphatic heterocycles. The molecular weight excluding hydrogens is 308 g/mol. The van der Waals surface area contributed by atoms with Crippen LogP contribution in [0.2, 0.25) is 5.02 Å². The first-order chi connectivity index (χ1) is 11.1. The first kappa shape index (κ1) is 16.1. The largest absolute Gasteiger partial charge is 0.351 e. The van der Waals surface area contributed by atoms with Crippen LogP contribution in [0.15, 0.2) is 24.3 Å². The molecule has 122 valence electrons. The van der Waals surface area contributed by atoms with Crippen molar-refractivity contribution in [2.45, 2.75) is 52.0 Å². The lowest BCUT2D eigenvalue weighted by Gasteiger charge is -2.23. The average molecular weight is 331 g/mol. The Labute approximate surface area is 142 Å². The third kappa shape index (κ3) is 4.35. The van der Waals surface area contributed by atoms with Crippen LogP contribution in [-0.2, 0) is 0 Å². The second-order valence-electron chi connectivity index (χ2n) is 6.29. The molecule has 1 aliphatic carbocycles. The van der Waals surface area contributed by atoms with Crippen LogP contribution in [-0.4, -0.2) is 16.0 Å². The van der Waals surface area contributed by atoms with Crippen LogP contribution in [0, 0.1) is 13.8 Å². The van der Waals surface area contributed by atoms with Crippen LogP contribution >= 0.6 is 11.6 Å². The molecule has 23 heavy (non-hydrogen) atoms. The molecule has 3 rings (SSSR count). The van der Waals surface area contributed by atoms with Crippen LogP contribution in [0.25, 0.3) is 0 Å². The summed E-state index contributed by atoms with van der Waals surface area (Å²) in [5.41, 5.74) is 2.94. The fraction of sp³-hybridized carbons (Fsp3) is 0.444. The van der Waals surface area contributed by atoms with E-state index in [1.165, 1.54) is 32.1 Å². The van der Waals surface area contributed by atoms with Crippen molar-refractivity contribution >= 4 is 29.1 Å². The molecule has 5 heteroatoms. The van der Waals surface area contributed by atoms with Crippen molar-refractivity contribution < 1.29 is 0 Å². The van der Waals surface area contributed by atoms with Crippen molar-refractivity contribution in [3.05, 3.63) is 40.5 Å². The number of hydrogen-bond acceptors (Lipinski definition) is 4. The number of halogens is 1. The van der Waals surface area contributed by atoms with Crippen molar-refractivity contribution in [2.75, 3.05) is 10.6 Å². The monoisotopic (exact) mass is 330 g/mol. The number of nitrogens with one attached hydrogen (secondary N) is 2. The second-order valence-corrected chi connectivity index (χ2v) is 6.69. The highest BCUT2D eigenvalue weighted by molar-refractivity contribution is 6.31. The number of benzene rings is 1. The number of aromatic nitrogens is 2. The quantitative estimate of drug-likeness (QED) is 0.805. The Morgan fingerprint density at radius 3 is 2.57 bits per heavy atom. The van der Waals surface area contributed by atoms with Crippen LogP contribution in [0.3, 0.4) is 0 Å². The van der Waals surface area contributed by atoms with Crippen molar-refractivity contribution in [3.8, 4) is 0 Å². The van der Waals surface area contributed by atoms with E-state index in [9.17, 15) is 0 Å². The van der Waals surface area contributed by atoms with Crippen molar-refractivity contribution in [3.63, 3.8) is 0 Å². The standard InChI is InChI=1S/C18H23ClN4/c1-12-8-9-15(11-16(12)19)21-17-10-13(2)20-18(23-17)22-14-6-4-3-5-7-14/h8-11,14H,3-7H2,1-2H3,(H2,20,21,22,23). The second kappa shape index (κ2) is 7.18. The molecule has 0 unspecified atom stereocenters. The predicted octanol–water partition coefficient (Wildman–Crippen LogP) is 5.24. The zero-order chi connectivity index (χ0) is 16.2. The topological polar surface area (TPSA) is 49.8 Å². The molecule has 4 nitrogen and oxygen atoms in total. The highest BCUT2D eigenvalue weighted by atomic mass is 35.5. The summed E-state index contributed by atoms with van der Waals surface area (Å²) in [7, 11) is 0. The van der Waals surface area contributed by atoms with Gasteiger partial charge in [-0.25, -0.2) is 4.98 Å². The molecule has 0 atom stereocenters. The van der Waals surface area contributed by atoms with E-state index in [2.05, 4.69) is 20.6 Å². The minimum absolute atomic E-state index is 0.493. The number of aryl methyl sites for hydroxylation is 2. The van der Waals surface area contributed by atoms with Crippen molar-refractivity contribution in [1.29, 1.82) is 0 Å². The van der Waals surface area contributed by atoms with Gasteiger partial charge < -0.3 is 10.6 Å². The van der Waals surface area contributed by atoms with Gasteiger partial charge in [0.2, 0.25) is 5.95 Å². The van der Waals surface area contributed by atoms with Crippen LogP contribution < -0.4 is 10.6 Å². The van der Waals surface area contributed by atoms with Gasteiger partial charge in [0, 0.05) is 28.5 Å². The first-order valence-electron chi connectivity index (χ1n) is 8.25. The molecule has 0 saturated heterocycles. The number of hydrogen-bond donors (Lipinski definition) is 2. The molecular formula is C18H23ClN4. The summed E-state index contributed by atoms with van der Waals surface area (Å²) < 4.78 is 0. The summed E-state index contributed by atoms with van der Waals surface area (Å²) in [6.45, 7) is 3.98. The van der Waals surface area contributed by atoms with E-state index >= 15 is 0 Å². The van der Waals surface area contributed by atoms with Crippen molar-refractivity contribution in [1.82, 2.24) is 9.97 Å². The molecule has 2 N–H and O–H groups in total. The van der Waals surface area contributed by atoms with E-state index in [-0.39, 0.29) is 0 Å². The zero-order valence-corrected chi connectivity index (χ0v) is 14.5. The Bertz CT molecular complexity index is 681. The van der Waals surface area contributed by atoms with Gasteiger partial charge in [-0.05, 0) is 44.4 Å². The van der Waals surface area contributed by atoms with Gasteiger partial charge in [-0.15, -0.1) is 0 Å². The van der Waals surface area contributed by atoms with Gasteiger partial charge in [0.15, 0.2) is 0 Å². The highest BCUT2D eigenvalue weighted by Gasteiger charge is 2.14. The van der Waals surface area contributed by atoms with E-state index in [0.717, 1.165) is 27.8 Å². The van der Waals surface area contributed by atoms with Crippen LogP contribution in [0.4, 0.5) is 17.5 Å². The fourth-order valence-electron chi connectivity index (χ4n) is 2.95. The summed E-state index contributed by atoms with van der Waals surface area (Å²) in [4.78, 5) is 9.11. The molecule has 1 fully saturated rings. The average Bonchev–Trinajstić information content (AvgIpc) is 2.51. The number of nitrogens with zero attached hydrogens (tertiary/aromatic N) is 2. The van der Waals surface area contributed by atoms with E-state index in [4.69, 9.17) is 11.6 Å². The molecule has 0 bridgehead atoms. The lowest BCUT2D eigenvalue weighted by Crippen LogP contribution is -2.23. The van der Waals surface area contributed by atoms with E-state index in [0.29, 0.717) is 12.0 Å². The number of rotatable bonds is 4. The van der Waals surface area contributed by atoms with Gasteiger partial charge in [-0.1, -0.05) is 36.9 Å². The van der Waals surface area contributed by atoms with E-state index in [1.54, 1.807) is 0 Å². The molecule has 1 aliphatic rings. The minimum atomic E-state index is 0.493. The van der Waals surface area contributed by atoms with Gasteiger partial charge in [-0.2, -0.15) is 4.98 Å². The Morgan fingerprint density at radius 2 is 1.83 bits per heavy atom. The molecule has 0 radical (unpaired) electrons. The van der Waals surface area contributed by atoms with E-state index in [1.807, 2.05) is 38.1 Å².